The Morgan fingerprint density at radius 3 is 2.33 bits per heavy atom. The number of hydrogen-bond donors (Lipinski definition) is 1. The van der Waals surface area contributed by atoms with Gasteiger partial charge in [-0.15, -0.1) is 0 Å². The van der Waals surface area contributed by atoms with E-state index in [0.29, 0.717) is 23.6 Å². The number of nitrogens with zero attached hydrogens (tertiary/aromatic N) is 2. The van der Waals surface area contributed by atoms with Gasteiger partial charge in [-0.1, -0.05) is 65.8 Å². The van der Waals surface area contributed by atoms with Gasteiger partial charge in [-0.05, 0) is 67.6 Å². The Labute approximate surface area is 231 Å². The molecule has 0 aliphatic heterocycles. The number of aryl methyl sites for hydroxylation is 1. The summed E-state index contributed by atoms with van der Waals surface area (Å²) < 4.78 is 24.7. The van der Waals surface area contributed by atoms with Crippen molar-refractivity contribution in [3.63, 3.8) is 0 Å². The molecule has 0 unspecified atom stereocenters. The predicted octanol–water partition coefficient (Wildman–Crippen LogP) is 7.86. The van der Waals surface area contributed by atoms with Gasteiger partial charge in [-0.3, -0.25) is 9.78 Å². The van der Waals surface area contributed by atoms with Crippen LogP contribution in [0.1, 0.15) is 31.0 Å². The van der Waals surface area contributed by atoms with Gasteiger partial charge in [0, 0.05) is 23.0 Å². The molecule has 0 atom stereocenters. The van der Waals surface area contributed by atoms with Crippen LogP contribution in [0.5, 0.6) is 0 Å². The number of hydrogen-bond acceptors (Lipinski definition) is 6. The lowest BCUT2D eigenvalue weighted by Crippen LogP contribution is -2.23. The third-order valence-electron chi connectivity index (χ3n) is 7.35. The molecule has 2 heterocycles. The fourth-order valence-corrected chi connectivity index (χ4v) is 4.97. The first-order chi connectivity index (χ1) is 19.5. The lowest BCUT2D eigenvalue weighted by atomic mass is 9.93. The van der Waals surface area contributed by atoms with Crippen molar-refractivity contribution < 1.29 is 18.4 Å². The maximum Gasteiger partial charge on any atom is 0.316 e. The molecule has 5 aromatic rings. The van der Waals surface area contributed by atoms with Gasteiger partial charge in [0.1, 0.15) is 17.2 Å². The zero-order chi connectivity index (χ0) is 27.7. The summed E-state index contributed by atoms with van der Waals surface area (Å²) in [6.45, 7) is 4.11. The summed E-state index contributed by atoms with van der Waals surface area (Å²) >= 11 is 0. The Morgan fingerprint density at radius 1 is 0.950 bits per heavy atom. The molecule has 7 heteroatoms. The number of carbonyl (C=O) groups is 1. The molecule has 1 aliphatic carbocycles. The van der Waals surface area contributed by atoms with Crippen molar-refractivity contribution in [2.75, 3.05) is 11.9 Å². The number of carbonyl (C=O) groups excluding carboxylic acids is 1. The SMILES string of the molecule is CCOC(=O)C1(c2ccc(-c3ccc(-c4onc(C)c4Nc4ccnc(-c5cccc(F)c5)c4)cc3)cc2)CC1. The topological polar surface area (TPSA) is 77.2 Å². The van der Waals surface area contributed by atoms with Crippen LogP contribution >= 0.6 is 0 Å². The number of nitrogens with one attached hydrogen (secondary N) is 1. The van der Waals surface area contributed by atoms with Crippen LogP contribution in [0.2, 0.25) is 0 Å². The third-order valence-corrected chi connectivity index (χ3v) is 7.35. The number of pyridine rings is 1. The van der Waals surface area contributed by atoms with Crippen LogP contribution in [0.3, 0.4) is 0 Å². The summed E-state index contributed by atoms with van der Waals surface area (Å²) in [5.74, 6) is 0.183. The second kappa shape index (κ2) is 10.4. The van der Waals surface area contributed by atoms with Crippen molar-refractivity contribution in [1.82, 2.24) is 10.1 Å². The predicted molar refractivity (Wildman–Crippen MR) is 153 cm³/mol. The smallest absolute Gasteiger partial charge is 0.316 e. The maximum absolute atomic E-state index is 13.7. The minimum atomic E-state index is -0.473. The van der Waals surface area contributed by atoms with Crippen molar-refractivity contribution >= 4 is 17.3 Å². The highest BCUT2D eigenvalue weighted by atomic mass is 19.1. The fourth-order valence-electron chi connectivity index (χ4n) is 4.97. The molecule has 0 radical (unpaired) electrons. The van der Waals surface area contributed by atoms with E-state index in [0.717, 1.165) is 52.2 Å². The number of esters is 1. The first-order valence-corrected chi connectivity index (χ1v) is 13.3. The van der Waals surface area contributed by atoms with Crippen LogP contribution < -0.4 is 5.32 Å². The summed E-state index contributed by atoms with van der Waals surface area (Å²) in [6.07, 6.45) is 3.35. The standard InChI is InChI=1S/C33H28FN3O3/c1-3-39-32(38)33(16-17-33)26-13-11-23(12-14-26)22-7-9-24(10-8-22)31-30(21(2)37-40-31)36-28-15-18-35-29(20-28)25-5-4-6-27(34)19-25/h4-15,18-20H,3,16-17H2,1-2H3,(H,35,36). The van der Waals surface area contributed by atoms with E-state index in [1.54, 1.807) is 12.3 Å². The molecule has 0 amide bonds. The van der Waals surface area contributed by atoms with Gasteiger partial charge in [-0.25, -0.2) is 4.39 Å². The lowest BCUT2D eigenvalue weighted by molar-refractivity contribution is -0.146. The van der Waals surface area contributed by atoms with E-state index in [1.165, 1.54) is 12.1 Å². The Kier molecular flexibility index (Phi) is 6.64. The quantitative estimate of drug-likeness (QED) is 0.205. The summed E-state index contributed by atoms with van der Waals surface area (Å²) in [5.41, 5.74) is 7.13. The molecule has 1 saturated carbocycles. The van der Waals surface area contributed by atoms with Crippen LogP contribution in [-0.4, -0.2) is 22.7 Å². The largest absolute Gasteiger partial charge is 0.465 e. The van der Waals surface area contributed by atoms with E-state index >= 15 is 0 Å². The van der Waals surface area contributed by atoms with Crippen LogP contribution in [0.25, 0.3) is 33.7 Å². The molecule has 1 aliphatic rings. The number of benzene rings is 3. The van der Waals surface area contributed by atoms with Crippen LogP contribution in [0.15, 0.2) is 95.6 Å². The molecule has 40 heavy (non-hydrogen) atoms. The van der Waals surface area contributed by atoms with Gasteiger partial charge in [0.15, 0.2) is 5.76 Å². The zero-order valence-electron chi connectivity index (χ0n) is 22.3. The molecular formula is C33H28FN3O3. The molecule has 200 valence electrons. The molecule has 1 N–H and O–H groups in total. The number of ether oxygens (including phenoxy) is 1. The van der Waals surface area contributed by atoms with Gasteiger partial charge < -0.3 is 14.6 Å². The molecule has 6 rings (SSSR count). The van der Waals surface area contributed by atoms with E-state index in [-0.39, 0.29) is 11.8 Å². The van der Waals surface area contributed by atoms with E-state index in [1.807, 2.05) is 68.4 Å². The van der Waals surface area contributed by atoms with Crippen LogP contribution in [-0.2, 0) is 14.9 Å². The van der Waals surface area contributed by atoms with E-state index in [9.17, 15) is 9.18 Å². The second-order valence-electron chi connectivity index (χ2n) is 9.99. The normalized spacial score (nSPS) is 13.6. The molecule has 0 spiro atoms. The maximum atomic E-state index is 13.7. The fraction of sp³-hybridized carbons (Fsp3) is 0.182. The van der Waals surface area contributed by atoms with Crippen molar-refractivity contribution in [3.05, 3.63) is 108 Å². The average Bonchev–Trinajstić information content (AvgIpc) is 3.72. The number of anilines is 2. The number of rotatable bonds is 8. The highest BCUT2D eigenvalue weighted by Crippen LogP contribution is 2.49. The Bertz CT molecular complexity index is 1670. The average molecular weight is 534 g/mol. The molecule has 3 aromatic carbocycles. The minimum absolute atomic E-state index is 0.129. The van der Waals surface area contributed by atoms with Gasteiger partial charge in [0.25, 0.3) is 0 Å². The van der Waals surface area contributed by atoms with Gasteiger partial charge in [0.2, 0.25) is 0 Å². The van der Waals surface area contributed by atoms with Crippen molar-refractivity contribution in [2.24, 2.45) is 0 Å². The summed E-state index contributed by atoms with van der Waals surface area (Å²) in [4.78, 5) is 16.8. The monoisotopic (exact) mass is 533 g/mol. The third kappa shape index (κ3) is 4.86. The highest BCUT2D eigenvalue weighted by molar-refractivity contribution is 5.87. The van der Waals surface area contributed by atoms with E-state index in [2.05, 4.69) is 27.6 Å². The summed E-state index contributed by atoms with van der Waals surface area (Å²) in [6, 6.07) is 26.3. The second-order valence-corrected chi connectivity index (χ2v) is 9.99. The molecule has 1 fully saturated rings. The van der Waals surface area contributed by atoms with Crippen molar-refractivity contribution in [2.45, 2.75) is 32.1 Å². The first-order valence-electron chi connectivity index (χ1n) is 13.3. The summed E-state index contributed by atoms with van der Waals surface area (Å²) in [5, 5.41) is 7.59. The summed E-state index contributed by atoms with van der Waals surface area (Å²) in [7, 11) is 0. The Balaban J connectivity index is 1.22. The number of aromatic nitrogens is 2. The van der Waals surface area contributed by atoms with E-state index < -0.39 is 5.41 Å². The van der Waals surface area contributed by atoms with Gasteiger partial charge in [0.05, 0.1) is 17.7 Å². The van der Waals surface area contributed by atoms with Crippen molar-refractivity contribution in [3.8, 4) is 33.7 Å². The van der Waals surface area contributed by atoms with Gasteiger partial charge >= 0.3 is 5.97 Å². The van der Waals surface area contributed by atoms with Gasteiger partial charge in [-0.2, -0.15) is 0 Å². The Hall–Kier alpha value is -4.78. The van der Waals surface area contributed by atoms with Crippen LogP contribution in [0, 0.1) is 12.7 Å². The zero-order valence-corrected chi connectivity index (χ0v) is 22.3. The first kappa shape index (κ1) is 25.5. The van der Waals surface area contributed by atoms with E-state index in [4.69, 9.17) is 9.26 Å². The number of halogens is 1. The molecule has 2 aromatic heterocycles. The lowest BCUT2D eigenvalue weighted by Gasteiger charge is -2.14. The molecular weight excluding hydrogens is 505 g/mol. The highest BCUT2D eigenvalue weighted by Gasteiger charge is 2.52. The molecule has 6 nitrogen and oxygen atoms in total. The van der Waals surface area contributed by atoms with Crippen molar-refractivity contribution in [1.29, 1.82) is 0 Å². The Morgan fingerprint density at radius 2 is 1.65 bits per heavy atom. The minimum Gasteiger partial charge on any atom is -0.465 e. The molecule has 0 saturated heterocycles. The van der Waals surface area contributed by atoms with Crippen LogP contribution in [0.4, 0.5) is 15.8 Å². The molecule has 0 bridgehead atoms.